The lowest BCUT2D eigenvalue weighted by atomic mass is 10.2. The van der Waals surface area contributed by atoms with E-state index in [1.54, 1.807) is 10.6 Å². The Morgan fingerprint density at radius 3 is 2.58 bits per heavy atom. The molecule has 1 saturated heterocycles. The molecule has 1 fully saturated rings. The minimum atomic E-state index is -0.108. The van der Waals surface area contributed by atoms with Crippen molar-refractivity contribution in [3.05, 3.63) is 58.9 Å². The molecule has 0 radical (unpaired) electrons. The van der Waals surface area contributed by atoms with E-state index in [0.29, 0.717) is 22.6 Å². The van der Waals surface area contributed by atoms with Crippen molar-refractivity contribution in [1.29, 1.82) is 0 Å². The Labute approximate surface area is 186 Å². The number of nitrogens with one attached hydrogen (secondary N) is 1. The van der Waals surface area contributed by atoms with E-state index in [1.165, 1.54) is 30.3 Å². The Bertz CT molecular complexity index is 1100. The first-order valence-electron chi connectivity index (χ1n) is 10.9. The first kappa shape index (κ1) is 21.4. The number of nitrogens with zero attached hydrogens (tertiary/aromatic N) is 3. The summed E-state index contributed by atoms with van der Waals surface area (Å²) in [7, 11) is 0. The third kappa shape index (κ3) is 5.10. The molecule has 0 saturated carbocycles. The number of carbonyl (C=O) groups is 1. The molecule has 1 aromatic heterocycles. The number of thioether (sulfide) groups is 1. The minimum Gasteiger partial charge on any atom is -0.372 e. The summed E-state index contributed by atoms with van der Waals surface area (Å²) in [5.41, 5.74) is 2.61. The number of fused-ring (bicyclic) bond motifs is 1. The number of aromatic nitrogens is 2. The zero-order valence-electron chi connectivity index (χ0n) is 17.8. The van der Waals surface area contributed by atoms with E-state index in [-0.39, 0.29) is 17.2 Å². The Kier molecular flexibility index (Phi) is 6.92. The molecule has 3 aromatic rings. The second-order valence-electron chi connectivity index (χ2n) is 7.80. The molecule has 0 atom stereocenters. The molecule has 0 aliphatic carbocycles. The lowest BCUT2D eigenvalue weighted by Crippen LogP contribution is -2.24. The summed E-state index contributed by atoms with van der Waals surface area (Å²) in [5, 5.41) is 4.16. The van der Waals surface area contributed by atoms with Crippen molar-refractivity contribution >= 4 is 39.9 Å². The highest BCUT2D eigenvalue weighted by Crippen LogP contribution is 2.23. The molecule has 4 rings (SSSR count). The largest absolute Gasteiger partial charge is 0.372 e. The van der Waals surface area contributed by atoms with Crippen molar-refractivity contribution in [3.8, 4) is 0 Å². The molecular weight excluding hydrogens is 408 g/mol. The number of unbranched alkanes of at least 4 members (excludes halogenated alkanes) is 1. The zero-order valence-corrected chi connectivity index (χ0v) is 18.7. The highest BCUT2D eigenvalue weighted by Gasteiger charge is 2.14. The number of benzene rings is 2. The van der Waals surface area contributed by atoms with Crippen LogP contribution in [0.15, 0.2) is 58.5 Å². The summed E-state index contributed by atoms with van der Waals surface area (Å²) in [5.74, 6) is 0.0912. The Balaban J connectivity index is 1.44. The summed E-state index contributed by atoms with van der Waals surface area (Å²) in [6.07, 6.45) is 4.35. The maximum Gasteiger partial charge on any atom is 0.262 e. The number of para-hydroxylation sites is 1. The number of amides is 1. The van der Waals surface area contributed by atoms with Gasteiger partial charge >= 0.3 is 0 Å². The number of rotatable bonds is 8. The summed E-state index contributed by atoms with van der Waals surface area (Å²) >= 11 is 1.31. The van der Waals surface area contributed by atoms with Crippen LogP contribution in [0.25, 0.3) is 10.9 Å². The molecule has 162 valence electrons. The van der Waals surface area contributed by atoms with Gasteiger partial charge < -0.3 is 10.2 Å². The van der Waals surface area contributed by atoms with Gasteiger partial charge in [0.2, 0.25) is 5.91 Å². The summed E-state index contributed by atoms with van der Waals surface area (Å²) < 4.78 is 1.70. The van der Waals surface area contributed by atoms with Gasteiger partial charge in [0, 0.05) is 31.0 Å². The second kappa shape index (κ2) is 10.0. The van der Waals surface area contributed by atoms with Crippen molar-refractivity contribution in [2.75, 3.05) is 29.1 Å². The van der Waals surface area contributed by atoms with Gasteiger partial charge in [-0.3, -0.25) is 14.2 Å². The van der Waals surface area contributed by atoms with Crippen molar-refractivity contribution in [2.24, 2.45) is 0 Å². The number of hydrogen-bond donors (Lipinski definition) is 1. The fourth-order valence-electron chi connectivity index (χ4n) is 3.83. The molecule has 6 nitrogen and oxygen atoms in total. The third-order valence-electron chi connectivity index (χ3n) is 5.52. The van der Waals surface area contributed by atoms with Gasteiger partial charge in [-0.1, -0.05) is 37.2 Å². The maximum absolute atomic E-state index is 12.9. The molecule has 31 heavy (non-hydrogen) atoms. The van der Waals surface area contributed by atoms with Gasteiger partial charge in [-0.2, -0.15) is 0 Å². The van der Waals surface area contributed by atoms with Crippen LogP contribution in [0.2, 0.25) is 0 Å². The molecule has 0 spiro atoms. The van der Waals surface area contributed by atoms with Crippen LogP contribution in [0.1, 0.15) is 32.6 Å². The SMILES string of the molecule is CCCCn1c(SCC(=O)Nc2ccc(N3CCCC3)cc2)nc2ccccc2c1=O. The van der Waals surface area contributed by atoms with E-state index < -0.39 is 0 Å². The van der Waals surface area contributed by atoms with E-state index in [2.05, 4.69) is 34.3 Å². The van der Waals surface area contributed by atoms with Crippen LogP contribution < -0.4 is 15.8 Å². The van der Waals surface area contributed by atoms with Crippen molar-refractivity contribution in [3.63, 3.8) is 0 Å². The van der Waals surface area contributed by atoms with E-state index in [1.807, 2.05) is 30.3 Å². The summed E-state index contributed by atoms with van der Waals surface area (Å²) in [4.78, 5) is 32.5. The van der Waals surface area contributed by atoms with Crippen LogP contribution in [0, 0.1) is 0 Å². The molecule has 7 heteroatoms. The van der Waals surface area contributed by atoms with Crippen LogP contribution >= 0.6 is 11.8 Å². The van der Waals surface area contributed by atoms with Crippen LogP contribution in [-0.2, 0) is 11.3 Å². The highest BCUT2D eigenvalue weighted by molar-refractivity contribution is 7.99. The first-order chi connectivity index (χ1) is 15.2. The molecular formula is C24H28N4O2S. The Morgan fingerprint density at radius 1 is 1.10 bits per heavy atom. The smallest absolute Gasteiger partial charge is 0.262 e. The highest BCUT2D eigenvalue weighted by atomic mass is 32.2. The molecule has 0 unspecified atom stereocenters. The van der Waals surface area contributed by atoms with E-state index in [4.69, 9.17) is 0 Å². The molecule has 1 amide bonds. The zero-order chi connectivity index (χ0) is 21.6. The van der Waals surface area contributed by atoms with Crippen LogP contribution in [0.4, 0.5) is 11.4 Å². The average Bonchev–Trinajstić information content (AvgIpc) is 3.33. The monoisotopic (exact) mass is 436 g/mol. The first-order valence-corrected chi connectivity index (χ1v) is 11.9. The van der Waals surface area contributed by atoms with Crippen molar-refractivity contribution in [2.45, 2.75) is 44.3 Å². The van der Waals surface area contributed by atoms with Crippen LogP contribution in [0.3, 0.4) is 0 Å². The number of anilines is 2. The fourth-order valence-corrected chi connectivity index (χ4v) is 4.65. The van der Waals surface area contributed by atoms with Gasteiger partial charge in [0.25, 0.3) is 5.56 Å². The fraction of sp³-hybridized carbons (Fsp3) is 0.375. The van der Waals surface area contributed by atoms with E-state index in [0.717, 1.165) is 31.6 Å². The molecule has 1 N–H and O–H groups in total. The molecule has 2 heterocycles. The molecule has 0 bridgehead atoms. The third-order valence-corrected chi connectivity index (χ3v) is 6.49. The molecule has 1 aliphatic rings. The summed E-state index contributed by atoms with van der Waals surface area (Å²) in [6, 6.07) is 15.4. The Morgan fingerprint density at radius 2 is 1.84 bits per heavy atom. The predicted molar refractivity (Wildman–Crippen MR) is 128 cm³/mol. The number of hydrogen-bond acceptors (Lipinski definition) is 5. The molecule has 1 aliphatic heterocycles. The Hall–Kier alpha value is -2.80. The summed E-state index contributed by atoms with van der Waals surface area (Å²) in [6.45, 7) is 4.89. The minimum absolute atomic E-state index is 0.0422. The van der Waals surface area contributed by atoms with Gasteiger partial charge in [-0.05, 0) is 55.7 Å². The lowest BCUT2D eigenvalue weighted by molar-refractivity contribution is -0.113. The van der Waals surface area contributed by atoms with Gasteiger partial charge in [0.15, 0.2) is 5.16 Å². The average molecular weight is 437 g/mol. The second-order valence-corrected chi connectivity index (χ2v) is 8.74. The molecule has 2 aromatic carbocycles. The van der Waals surface area contributed by atoms with Gasteiger partial charge in [0.05, 0.1) is 16.7 Å². The maximum atomic E-state index is 12.9. The van der Waals surface area contributed by atoms with Gasteiger partial charge in [-0.25, -0.2) is 4.98 Å². The topological polar surface area (TPSA) is 67.2 Å². The van der Waals surface area contributed by atoms with Gasteiger partial charge in [0.1, 0.15) is 0 Å². The van der Waals surface area contributed by atoms with Crippen LogP contribution in [0.5, 0.6) is 0 Å². The van der Waals surface area contributed by atoms with Crippen molar-refractivity contribution in [1.82, 2.24) is 9.55 Å². The number of carbonyl (C=O) groups excluding carboxylic acids is 1. The van der Waals surface area contributed by atoms with Gasteiger partial charge in [-0.15, -0.1) is 0 Å². The van der Waals surface area contributed by atoms with Crippen molar-refractivity contribution < 1.29 is 4.79 Å². The standard InChI is InChI=1S/C24H28N4O2S/c1-2-3-16-28-23(30)20-8-4-5-9-21(20)26-24(28)31-17-22(29)25-18-10-12-19(13-11-18)27-14-6-7-15-27/h4-5,8-13H,2-3,6-7,14-17H2,1H3,(H,25,29). The normalized spacial score (nSPS) is 13.6. The van der Waals surface area contributed by atoms with E-state index in [9.17, 15) is 9.59 Å². The van der Waals surface area contributed by atoms with Crippen LogP contribution in [-0.4, -0.2) is 34.3 Å². The lowest BCUT2D eigenvalue weighted by Gasteiger charge is -2.17. The quantitative estimate of drug-likeness (QED) is 0.415. The van der Waals surface area contributed by atoms with E-state index >= 15 is 0 Å². The predicted octanol–water partition coefficient (Wildman–Crippen LogP) is 4.53.